The number of carbonyl (C=O) groups excluding carboxylic acids is 1. The summed E-state index contributed by atoms with van der Waals surface area (Å²) in [6.45, 7) is 9.15. The molecule has 0 unspecified atom stereocenters. The maximum atomic E-state index is 12.4. The number of benzene rings is 1. The molecule has 0 spiro atoms. The topological polar surface area (TPSA) is 29.5 Å². The largest absolute Gasteiger partial charge is 0.444 e. The van der Waals surface area contributed by atoms with Gasteiger partial charge < -0.3 is 9.64 Å². The monoisotopic (exact) mass is 353 g/mol. The molecule has 0 aliphatic heterocycles. The molecule has 0 heterocycles. The van der Waals surface area contributed by atoms with Gasteiger partial charge in [0.2, 0.25) is 0 Å². The zero-order valence-corrected chi connectivity index (χ0v) is 14.9. The van der Waals surface area contributed by atoms with E-state index in [2.05, 4.69) is 41.1 Å². The third-order valence-electron chi connectivity index (χ3n) is 3.40. The predicted octanol–water partition coefficient (Wildman–Crippen LogP) is 4.90. The Morgan fingerprint density at radius 2 is 2.05 bits per heavy atom. The van der Waals surface area contributed by atoms with Crippen molar-refractivity contribution in [2.45, 2.75) is 52.7 Å². The van der Waals surface area contributed by atoms with Crippen LogP contribution < -0.4 is 0 Å². The first-order chi connectivity index (χ1) is 9.74. The SMILES string of the molecule is Cc1ccc(CN(CC2CC2)C(=O)OC(C)(C)C)c(Br)c1. The van der Waals surface area contributed by atoms with Gasteiger partial charge >= 0.3 is 6.09 Å². The van der Waals surface area contributed by atoms with E-state index < -0.39 is 5.60 Å². The maximum Gasteiger partial charge on any atom is 0.410 e. The normalized spacial score (nSPS) is 14.9. The number of carbonyl (C=O) groups is 1. The summed E-state index contributed by atoms with van der Waals surface area (Å²) < 4.78 is 6.58. The smallest absolute Gasteiger partial charge is 0.410 e. The maximum absolute atomic E-state index is 12.4. The van der Waals surface area contributed by atoms with E-state index in [1.54, 1.807) is 0 Å². The summed E-state index contributed by atoms with van der Waals surface area (Å²) in [6.07, 6.45) is 2.21. The molecular formula is C17H24BrNO2. The number of rotatable bonds is 4. The van der Waals surface area contributed by atoms with Crippen LogP contribution in [0.25, 0.3) is 0 Å². The molecule has 3 nitrogen and oxygen atoms in total. The number of amides is 1. The number of aryl methyl sites for hydroxylation is 1. The highest BCUT2D eigenvalue weighted by atomic mass is 79.9. The lowest BCUT2D eigenvalue weighted by molar-refractivity contribution is 0.0224. The molecule has 1 fully saturated rings. The number of hydrogen-bond acceptors (Lipinski definition) is 2. The zero-order valence-electron chi connectivity index (χ0n) is 13.3. The average molecular weight is 354 g/mol. The van der Waals surface area contributed by atoms with Gasteiger partial charge in [0.05, 0.1) is 6.54 Å². The number of ether oxygens (including phenoxy) is 1. The minimum atomic E-state index is -0.455. The highest BCUT2D eigenvalue weighted by molar-refractivity contribution is 9.10. The second-order valence-electron chi connectivity index (χ2n) is 6.90. The Kier molecular flexibility index (Phi) is 4.97. The molecule has 0 bridgehead atoms. The van der Waals surface area contributed by atoms with E-state index >= 15 is 0 Å². The summed E-state index contributed by atoms with van der Waals surface area (Å²) in [6, 6.07) is 6.23. The molecule has 1 amide bonds. The van der Waals surface area contributed by atoms with Crippen LogP contribution in [0.5, 0.6) is 0 Å². The average Bonchev–Trinajstić information content (AvgIpc) is 3.13. The fraction of sp³-hybridized carbons (Fsp3) is 0.588. The van der Waals surface area contributed by atoms with Crippen molar-refractivity contribution < 1.29 is 9.53 Å². The van der Waals surface area contributed by atoms with Crippen LogP contribution in [0.3, 0.4) is 0 Å². The fourth-order valence-corrected chi connectivity index (χ4v) is 2.75. The minimum Gasteiger partial charge on any atom is -0.444 e. The van der Waals surface area contributed by atoms with E-state index in [1.165, 1.54) is 18.4 Å². The molecule has 116 valence electrons. The van der Waals surface area contributed by atoms with Gasteiger partial charge in [-0.05, 0) is 63.6 Å². The lowest BCUT2D eigenvalue weighted by Gasteiger charge is -2.28. The third-order valence-corrected chi connectivity index (χ3v) is 4.14. The summed E-state index contributed by atoms with van der Waals surface area (Å²) in [5, 5.41) is 0. The van der Waals surface area contributed by atoms with Crippen molar-refractivity contribution >= 4 is 22.0 Å². The van der Waals surface area contributed by atoms with Crippen LogP contribution in [0.2, 0.25) is 0 Å². The standard InChI is InChI=1S/C17H24BrNO2/c1-12-5-8-14(15(18)9-12)11-19(10-13-6-7-13)16(20)21-17(2,3)4/h5,8-9,13H,6-7,10-11H2,1-4H3. The van der Waals surface area contributed by atoms with Gasteiger partial charge in [0.15, 0.2) is 0 Å². The number of halogens is 1. The quantitative estimate of drug-likeness (QED) is 0.769. The molecule has 1 aliphatic rings. The molecule has 4 heteroatoms. The first-order valence-corrected chi connectivity index (χ1v) is 8.27. The third kappa shape index (κ3) is 5.34. The number of nitrogens with zero attached hydrogens (tertiary/aromatic N) is 1. The Balaban J connectivity index is 2.10. The van der Waals surface area contributed by atoms with Crippen molar-refractivity contribution in [3.63, 3.8) is 0 Å². The van der Waals surface area contributed by atoms with Crippen molar-refractivity contribution in [1.29, 1.82) is 0 Å². The van der Waals surface area contributed by atoms with Crippen LogP contribution in [0.15, 0.2) is 22.7 Å². The van der Waals surface area contributed by atoms with E-state index in [9.17, 15) is 4.79 Å². The molecule has 0 saturated heterocycles. The number of hydrogen-bond donors (Lipinski definition) is 0. The van der Waals surface area contributed by atoms with Crippen LogP contribution in [0.1, 0.15) is 44.7 Å². The minimum absolute atomic E-state index is 0.220. The molecule has 0 aromatic heterocycles. The molecule has 1 aromatic carbocycles. The second kappa shape index (κ2) is 6.39. The Bertz CT molecular complexity index is 518. The highest BCUT2D eigenvalue weighted by Crippen LogP contribution is 2.31. The van der Waals surface area contributed by atoms with Crippen molar-refractivity contribution in [1.82, 2.24) is 4.90 Å². The Labute approximate surface area is 135 Å². The van der Waals surface area contributed by atoms with Crippen molar-refractivity contribution in [3.05, 3.63) is 33.8 Å². The molecule has 1 saturated carbocycles. The molecular weight excluding hydrogens is 330 g/mol. The summed E-state index contributed by atoms with van der Waals surface area (Å²) in [4.78, 5) is 14.2. The van der Waals surface area contributed by atoms with Gasteiger partial charge in [-0.1, -0.05) is 28.1 Å². The van der Waals surface area contributed by atoms with Gasteiger partial charge in [0, 0.05) is 11.0 Å². The Morgan fingerprint density at radius 3 is 2.57 bits per heavy atom. The van der Waals surface area contributed by atoms with E-state index in [4.69, 9.17) is 4.74 Å². The Hall–Kier alpha value is -1.03. The highest BCUT2D eigenvalue weighted by Gasteiger charge is 2.29. The molecule has 21 heavy (non-hydrogen) atoms. The summed E-state index contributed by atoms with van der Waals surface area (Å²) >= 11 is 3.59. The van der Waals surface area contributed by atoms with Gasteiger partial charge in [0.1, 0.15) is 5.60 Å². The molecule has 1 aliphatic carbocycles. The second-order valence-corrected chi connectivity index (χ2v) is 7.75. The van der Waals surface area contributed by atoms with Crippen LogP contribution in [0, 0.1) is 12.8 Å². The van der Waals surface area contributed by atoms with E-state index in [0.717, 1.165) is 16.6 Å². The lowest BCUT2D eigenvalue weighted by atomic mass is 10.1. The van der Waals surface area contributed by atoms with E-state index in [0.29, 0.717) is 12.5 Å². The van der Waals surface area contributed by atoms with Crippen LogP contribution in [-0.2, 0) is 11.3 Å². The summed E-state index contributed by atoms with van der Waals surface area (Å²) in [7, 11) is 0. The van der Waals surface area contributed by atoms with Crippen molar-refractivity contribution in [2.75, 3.05) is 6.54 Å². The van der Waals surface area contributed by atoms with Crippen LogP contribution in [-0.4, -0.2) is 23.1 Å². The van der Waals surface area contributed by atoms with Gasteiger partial charge in [-0.3, -0.25) is 0 Å². The molecule has 2 rings (SSSR count). The zero-order chi connectivity index (χ0) is 15.6. The van der Waals surface area contributed by atoms with Crippen molar-refractivity contribution in [2.24, 2.45) is 5.92 Å². The first kappa shape index (κ1) is 16.3. The summed E-state index contributed by atoms with van der Waals surface area (Å²) in [5.41, 5.74) is 1.87. The van der Waals surface area contributed by atoms with Crippen LogP contribution >= 0.6 is 15.9 Å². The van der Waals surface area contributed by atoms with Gasteiger partial charge in [0.25, 0.3) is 0 Å². The van der Waals surface area contributed by atoms with E-state index in [1.807, 2.05) is 25.7 Å². The molecule has 0 radical (unpaired) electrons. The summed E-state index contributed by atoms with van der Waals surface area (Å²) in [5.74, 6) is 0.641. The van der Waals surface area contributed by atoms with Crippen molar-refractivity contribution in [3.8, 4) is 0 Å². The van der Waals surface area contributed by atoms with Gasteiger partial charge in [-0.15, -0.1) is 0 Å². The molecule has 0 N–H and O–H groups in total. The molecule has 1 aromatic rings. The lowest BCUT2D eigenvalue weighted by Crippen LogP contribution is -2.37. The Morgan fingerprint density at radius 1 is 1.38 bits per heavy atom. The van der Waals surface area contributed by atoms with Gasteiger partial charge in [-0.25, -0.2) is 4.79 Å². The fourth-order valence-electron chi connectivity index (χ4n) is 2.13. The van der Waals surface area contributed by atoms with Crippen LogP contribution in [0.4, 0.5) is 4.79 Å². The molecule has 0 atom stereocenters. The van der Waals surface area contributed by atoms with E-state index in [-0.39, 0.29) is 6.09 Å². The predicted molar refractivity (Wildman–Crippen MR) is 88.2 cm³/mol. The van der Waals surface area contributed by atoms with Gasteiger partial charge in [-0.2, -0.15) is 0 Å². The first-order valence-electron chi connectivity index (χ1n) is 7.47.